The molecular weight excluding hydrogens is 489 g/mol. The number of nitrogens with zero attached hydrogens (tertiary/aromatic N) is 4. The first-order valence-electron chi connectivity index (χ1n) is 10.3. The summed E-state index contributed by atoms with van der Waals surface area (Å²) in [4.78, 5) is 34.5. The van der Waals surface area contributed by atoms with Crippen LogP contribution in [0.4, 0.5) is 5.69 Å². The Hall–Kier alpha value is -4.27. The van der Waals surface area contributed by atoms with Gasteiger partial charge in [0.1, 0.15) is 21.5 Å². The third-order valence-electron chi connectivity index (χ3n) is 5.26. The maximum Gasteiger partial charge on any atom is 0.261 e. The van der Waals surface area contributed by atoms with E-state index < -0.39 is 11.3 Å². The summed E-state index contributed by atoms with van der Waals surface area (Å²) >= 11 is 11.9. The van der Waals surface area contributed by atoms with E-state index in [0.29, 0.717) is 22.6 Å². The number of carbonyl (C=O) groups excluding carboxylic acids is 1. The van der Waals surface area contributed by atoms with Gasteiger partial charge in [0.05, 0.1) is 5.39 Å². The average Bonchev–Trinajstić information content (AvgIpc) is 2.84. The quantitative estimate of drug-likeness (QED) is 0.218. The summed E-state index contributed by atoms with van der Waals surface area (Å²) in [6.07, 6.45) is 5.88. The maximum absolute atomic E-state index is 13.2. The van der Waals surface area contributed by atoms with Gasteiger partial charge in [0.2, 0.25) is 5.43 Å². The Morgan fingerprint density at radius 2 is 1.77 bits per heavy atom. The lowest BCUT2D eigenvalue weighted by atomic mass is 10.1. The first-order chi connectivity index (χ1) is 16.9. The van der Waals surface area contributed by atoms with E-state index in [9.17, 15) is 14.8 Å². The summed E-state index contributed by atoms with van der Waals surface area (Å²) in [7, 11) is 0. The van der Waals surface area contributed by atoms with Crippen molar-refractivity contribution in [2.75, 3.05) is 5.32 Å². The molecule has 0 atom stereocenters. The Kier molecular flexibility index (Phi) is 5.90. The Labute approximate surface area is 208 Å². The second kappa shape index (κ2) is 9.17. The average molecular weight is 504 g/mol. The van der Waals surface area contributed by atoms with Gasteiger partial charge in [-0.2, -0.15) is 4.73 Å². The van der Waals surface area contributed by atoms with Crippen LogP contribution in [0.1, 0.15) is 10.4 Å². The van der Waals surface area contributed by atoms with Crippen LogP contribution in [0.15, 0.2) is 90.2 Å². The number of pyridine rings is 4. The molecule has 0 aliphatic rings. The molecule has 4 heterocycles. The molecule has 5 aromatic rings. The van der Waals surface area contributed by atoms with Crippen LogP contribution in [0, 0.1) is 5.21 Å². The number of halogens is 2. The van der Waals surface area contributed by atoms with Crippen molar-refractivity contribution in [2.24, 2.45) is 0 Å². The zero-order valence-electron chi connectivity index (χ0n) is 17.9. The SMILES string of the molecule is O=C(Nc1cc(Cl)nc(Cl)c1)c1cn(-c2cccc(-c3ccc[n+]([O-])c3)c2)c2ncccc2c1=O. The number of amides is 1. The molecule has 1 aromatic carbocycles. The van der Waals surface area contributed by atoms with E-state index >= 15 is 0 Å². The van der Waals surface area contributed by atoms with Gasteiger partial charge in [-0.25, -0.2) is 9.97 Å². The Morgan fingerprint density at radius 1 is 1.00 bits per heavy atom. The van der Waals surface area contributed by atoms with Crippen molar-refractivity contribution in [3.63, 3.8) is 0 Å². The zero-order valence-corrected chi connectivity index (χ0v) is 19.4. The van der Waals surface area contributed by atoms with Crippen molar-refractivity contribution in [1.29, 1.82) is 0 Å². The molecule has 0 bridgehead atoms. The van der Waals surface area contributed by atoms with Gasteiger partial charge >= 0.3 is 0 Å². The molecule has 0 aliphatic heterocycles. The molecule has 8 nitrogen and oxygen atoms in total. The summed E-state index contributed by atoms with van der Waals surface area (Å²) in [5.41, 5.74) is 2.25. The van der Waals surface area contributed by atoms with Crippen LogP contribution < -0.4 is 15.5 Å². The van der Waals surface area contributed by atoms with Crippen molar-refractivity contribution in [1.82, 2.24) is 14.5 Å². The number of nitrogens with one attached hydrogen (secondary N) is 1. The highest BCUT2D eigenvalue weighted by atomic mass is 35.5. The molecule has 4 aromatic heterocycles. The van der Waals surface area contributed by atoms with Gasteiger partial charge in [-0.1, -0.05) is 35.3 Å². The van der Waals surface area contributed by atoms with E-state index in [4.69, 9.17) is 23.2 Å². The predicted molar refractivity (Wildman–Crippen MR) is 134 cm³/mol. The minimum atomic E-state index is -0.639. The second-order valence-electron chi connectivity index (χ2n) is 7.57. The molecular formula is C25H15Cl2N5O3. The van der Waals surface area contributed by atoms with Gasteiger partial charge in [0.15, 0.2) is 12.4 Å². The summed E-state index contributed by atoms with van der Waals surface area (Å²) in [6, 6.07) is 16.9. The van der Waals surface area contributed by atoms with Crippen molar-refractivity contribution in [3.8, 4) is 16.8 Å². The Balaban J connectivity index is 1.64. The predicted octanol–water partition coefficient (Wildman–Crippen LogP) is 4.64. The molecule has 0 aliphatic carbocycles. The van der Waals surface area contributed by atoms with E-state index in [2.05, 4.69) is 15.3 Å². The molecule has 1 amide bonds. The van der Waals surface area contributed by atoms with Gasteiger partial charge in [0, 0.05) is 35.4 Å². The highest BCUT2D eigenvalue weighted by Gasteiger charge is 2.18. The largest absolute Gasteiger partial charge is 0.619 e. The number of aromatic nitrogens is 4. The van der Waals surface area contributed by atoms with Gasteiger partial charge < -0.3 is 15.1 Å². The van der Waals surface area contributed by atoms with Crippen LogP contribution in [0.25, 0.3) is 27.8 Å². The number of rotatable bonds is 4. The summed E-state index contributed by atoms with van der Waals surface area (Å²) in [5.74, 6) is -0.639. The standard InChI is InChI=1S/C25H15Cl2N5O3/c26-21-11-17(12-22(27)30-21)29-25(34)20-14-32(24-19(23(20)33)7-2-8-28-24)18-6-1-4-15(10-18)16-5-3-9-31(35)13-16/h1-14H,(H,29,30,34). The molecule has 0 saturated heterocycles. The van der Waals surface area contributed by atoms with E-state index in [1.165, 1.54) is 30.7 Å². The first-order valence-corrected chi connectivity index (χ1v) is 11.1. The zero-order chi connectivity index (χ0) is 24.5. The molecule has 1 N–H and O–H groups in total. The molecule has 0 unspecified atom stereocenters. The Bertz CT molecular complexity index is 1650. The fourth-order valence-corrected chi connectivity index (χ4v) is 4.18. The molecule has 0 fully saturated rings. The fraction of sp³-hybridized carbons (Fsp3) is 0. The van der Waals surface area contributed by atoms with Gasteiger partial charge in [-0.3, -0.25) is 9.59 Å². The molecule has 0 radical (unpaired) electrons. The van der Waals surface area contributed by atoms with Crippen LogP contribution in [0.3, 0.4) is 0 Å². The van der Waals surface area contributed by atoms with Crippen LogP contribution >= 0.6 is 23.2 Å². The highest BCUT2D eigenvalue weighted by Crippen LogP contribution is 2.24. The third kappa shape index (κ3) is 4.57. The van der Waals surface area contributed by atoms with Gasteiger partial charge in [-0.15, -0.1) is 0 Å². The number of fused-ring (bicyclic) bond motifs is 1. The molecule has 0 spiro atoms. The fourth-order valence-electron chi connectivity index (χ4n) is 3.71. The normalized spacial score (nSPS) is 10.9. The van der Waals surface area contributed by atoms with E-state index in [1.807, 2.05) is 30.3 Å². The smallest absolute Gasteiger partial charge is 0.261 e. The summed E-state index contributed by atoms with van der Waals surface area (Å²) in [5, 5.41) is 14.9. The summed E-state index contributed by atoms with van der Waals surface area (Å²) in [6.45, 7) is 0. The number of anilines is 1. The van der Waals surface area contributed by atoms with Crippen molar-refractivity contribution < 1.29 is 9.52 Å². The lowest BCUT2D eigenvalue weighted by Crippen LogP contribution is -2.24. The number of carbonyl (C=O) groups is 1. The molecule has 172 valence electrons. The van der Waals surface area contributed by atoms with Gasteiger partial charge in [0.25, 0.3) is 5.91 Å². The van der Waals surface area contributed by atoms with Crippen LogP contribution in [0.2, 0.25) is 10.3 Å². The number of benzene rings is 1. The first kappa shape index (κ1) is 22.5. The minimum absolute atomic E-state index is 0.0999. The van der Waals surface area contributed by atoms with Crippen molar-refractivity contribution in [3.05, 3.63) is 117 Å². The minimum Gasteiger partial charge on any atom is -0.619 e. The number of hydrogen-bond acceptors (Lipinski definition) is 5. The molecule has 0 saturated carbocycles. The second-order valence-corrected chi connectivity index (χ2v) is 8.35. The third-order valence-corrected chi connectivity index (χ3v) is 5.65. The van der Waals surface area contributed by atoms with Crippen molar-refractivity contribution >= 4 is 45.8 Å². The Morgan fingerprint density at radius 3 is 2.54 bits per heavy atom. The van der Waals surface area contributed by atoms with E-state index in [-0.39, 0.29) is 21.3 Å². The monoisotopic (exact) mass is 503 g/mol. The summed E-state index contributed by atoms with van der Waals surface area (Å²) < 4.78 is 2.38. The van der Waals surface area contributed by atoms with Crippen LogP contribution in [-0.4, -0.2) is 20.4 Å². The molecule has 35 heavy (non-hydrogen) atoms. The van der Waals surface area contributed by atoms with Crippen molar-refractivity contribution in [2.45, 2.75) is 0 Å². The lowest BCUT2D eigenvalue weighted by molar-refractivity contribution is -0.604. The van der Waals surface area contributed by atoms with E-state index in [1.54, 1.807) is 29.0 Å². The van der Waals surface area contributed by atoms with Crippen LogP contribution in [0.5, 0.6) is 0 Å². The molecule has 10 heteroatoms. The molecule has 5 rings (SSSR count). The number of hydrogen-bond donors (Lipinski definition) is 1. The van der Waals surface area contributed by atoms with Crippen LogP contribution in [-0.2, 0) is 0 Å². The highest BCUT2D eigenvalue weighted by molar-refractivity contribution is 6.33. The maximum atomic E-state index is 13.2. The topological polar surface area (TPSA) is 104 Å². The van der Waals surface area contributed by atoms with E-state index in [0.717, 1.165) is 10.3 Å². The van der Waals surface area contributed by atoms with Gasteiger partial charge in [-0.05, 0) is 48.0 Å². The lowest BCUT2D eigenvalue weighted by Gasteiger charge is -2.14.